The maximum Gasteiger partial charge on any atom is 0.311 e. The van der Waals surface area contributed by atoms with E-state index in [1.54, 1.807) is 0 Å². The van der Waals surface area contributed by atoms with Crippen LogP contribution < -0.4 is 41.5 Å². The number of carbonyl (C=O) groups is 2. The molecule has 0 aliphatic carbocycles. The van der Waals surface area contributed by atoms with Crippen LogP contribution in [0, 0.1) is 10.1 Å². The Kier molecular flexibility index (Phi) is 15.2. The van der Waals surface area contributed by atoms with E-state index in [1.807, 2.05) is 14.1 Å². The van der Waals surface area contributed by atoms with Crippen LogP contribution in [0.5, 0.6) is 5.75 Å². The molecule has 0 saturated carbocycles. The Morgan fingerprint density at radius 2 is 1.54 bits per heavy atom. The fourth-order valence-corrected chi connectivity index (χ4v) is 3.63. The Morgan fingerprint density at radius 1 is 1.05 bits per heavy atom. The zero-order valence-corrected chi connectivity index (χ0v) is 22.4. The molecule has 2 aliphatic heterocycles. The van der Waals surface area contributed by atoms with E-state index >= 15 is 0 Å². The number of benzene rings is 1. The number of para-hydroxylation sites is 1. The van der Waals surface area contributed by atoms with Gasteiger partial charge in [0.15, 0.2) is 13.1 Å². The Hall–Kier alpha value is -2.59. The molecule has 2 amide bonds. The smallest absolute Gasteiger partial charge is 0.311 e. The average Bonchev–Trinajstić information content (AvgIpc) is 2.80. The van der Waals surface area contributed by atoms with Crippen molar-refractivity contribution in [1.29, 1.82) is 0 Å². The highest BCUT2D eigenvalue weighted by Crippen LogP contribution is 2.27. The predicted octanol–water partition coefficient (Wildman–Crippen LogP) is -7.31. The molecule has 16 heteroatoms. The molecular formula is C21H35Cl2N7O7. The van der Waals surface area contributed by atoms with Crippen LogP contribution in [0.2, 0.25) is 0 Å². The number of hydrazone groups is 1. The summed E-state index contributed by atoms with van der Waals surface area (Å²) in [6.45, 7) is 6.68. The monoisotopic (exact) mass is 567 g/mol. The van der Waals surface area contributed by atoms with Gasteiger partial charge in [-0.3, -0.25) is 25.1 Å². The van der Waals surface area contributed by atoms with E-state index in [4.69, 9.17) is 15.3 Å². The van der Waals surface area contributed by atoms with E-state index < -0.39 is 16.4 Å². The number of nitro benzene ring substituents is 1. The van der Waals surface area contributed by atoms with Crippen molar-refractivity contribution in [3.05, 3.63) is 33.9 Å². The SMILES string of the molecule is C[N+]1(CC(=O)NN)CCOCC1.C[N+]1(CC(=O)NN=Cc2cccc([N+](=O)[O-])c2O)CCOCC1.[Cl-].[Cl-]. The maximum absolute atomic E-state index is 11.9. The Balaban J connectivity index is 0.000000790. The van der Waals surface area contributed by atoms with Crippen LogP contribution in [0.25, 0.3) is 0 Å². The number of nitro groups is 1. The molecule has 1 aromatic carbocycles. The highest BCUT2D eigenvalue weighted by molar-refractivity contribution is 5.87. The topological polar surface area (TPSA) is 178 Å². The lowest BCUT2D eigenvalue weighted by Crippen LogP contribution is -3.00. The number of carbonyl (C=O) groups excluding carboxylic acids is 2. The molecule has 5 N–H and O–H groups in total. The Labute approximate surface area is 227 Å². The van der Waals surface area contributed by atoms with Crippen LogP contribution >= 0.6 is 0 Å². The summed E-state index contributed by atoms with van der Waals surface area (Å²) in [6, 6.07) is 4.09. The summed E-state index contributed by atoms with van der Waals surface area (Å²) >= 11 is 0. The van der Waals surface area contributed by atoms with Crippen LogP contribution in [0.1, 0.15) is 5.56 Å². The predicted molar refractivity (Wildman–Crippen MR) is 126 cm³/mol. The first-order valence-corrected chi connectivity index (χ1v) is 11.2. The fourth-order valence-electron chi connectivity index (χ4n) is 3.63. The first kappa shape index (κ1) is 34.4. The largest absolute Gasteiger partial charge is 1.00 e. The van der Waals surface area contributed by atoms with Gasteiger partial charge in [0, 0.05) is 11.6 Å². The molecule has 2 aliphatic rings. The molecule has 0 atom stereocenters. The van der Waals surface area contributed by atoms with Crippen molar-refractivity contribution in [2.75, 3.05) is 79.8 Å². The molecule has 2 fully saturated rings. The minimum Gasteiger partial charge on any atom is -1.00 e. The van der Waals surface area contributed by atoms with Crippen molar-refractivity contribution in [1.82, 2.24) is 10.9 Å². The summed E-state index contributed by atoms with van der Waals surface area (Å²) in [5, 5.41) is 24.2. The summed E-state index contributed by atoms with van der Waals surface area (Å²) in [4.78, 5) is 33.0. The van der Waals surface area contributed by atoms with Gasteiger partial charge in [-0.2, -0.15) is 5.10 Å². The van der Waals surface area contributed by atoms with E-state index in [1.165, 1.54) is 24.4 Å². The van der Waals surface area contributed by atoms with Crippen molar-refractivity contribution >= 4 is 23.7 Å². The van der Waals surface area contributed by atoms with Gasteiger partial charge in [-0.25, -0.2) is 11.3 Å². The standard InChI is InChI=1S/C14H18N4O5.C7H15N3O2.2ClH/c1-18(5-7-23-8-6-18)10-13(19)16-15-9-11-3-2-4-12(14(11)20)17(21)22;1-10(6-7(11)9-8)2-4-12-5-3-10;;/h2-4,9H,5-8,10H2,1H3,(H-,15,16,19,20);2-6,8H2,1H3;2*1H. The van der Waals surface area contributed by atoms with Crippen LogP contribution in [0.15, 0.2) is 23.3 Å². The van der Waals surface area contributed by atoms with E-state index in [2.05, 4.69) is 16.0 Å². The van der Waals surface area contributed by atoms with Gasteiger partial charge < -0.3 is 48.4 Å². The first-order chi connectivity index (χ1) is 16.6. The number of nitrogens with two attached hydrogens (primary N) is 1. The number of nitrogens with one attached hydrogen (secondary N) is 2. The summed E-state index contributed by atoms with van der Waals surface area (Å²) in [6.07, 6.45) is 1.18. The number of hydrogen-bond donors (Lipinski definition) is 4. The molecule has 0 radical (unpaired) electrons. The average molecular weight is 568 g/mol. The van der Waals surface area contributed by atoms with Gasteiger partial charge in [0.25, 0.3) is 11.8 Å². The minimum atomic E-state index is -0.686. The zero-order valence-electron chi connectivity index (χ0n) is 20.9. The zero-order chi connectivity index (χ0) is 25.9. The van der Waals surface area contributed by atoms with E-state index in [9.17, 15) is 24.8 Å². The Morgan fingerprint density at radius 3 is 2.00 bits per heavy atom. The Bertz CT molecular complexity index is 925. The number of likely N-dealkylation sites (N-methyl/N-ethyl adjacent to an activating group) is 2. The number of phenols is 1. The third-order valence-electron chi connectivity index (χ3n) is 5.95. The van der Waals surface area contributed by atoms with E-state index in [0.717, 1.165) is 43.9 Å². The number of nitrogens with zero attached hydrogens (tertiary/aromatic N) is 4. The van der Waals surface area contributed by atoms with Crippen molar-refractivity contribution in [3.63, 3.8) is 0 Å². The molecule has 0 bridgehead atoms. The molecule has 2 saturated heterocycles. The number of halogens is 2. The molecule has 37 heavy (non-hydrogen) atoms. The third-order valence-corrected chi connectivity index (χ3v) is 5.95. The molecule has 2 heterocycles. The molecule has 0 unspecified atom stereocenters. The first-order valence-electron chi connectivity index (χ1n) is 11.2. The van der Waals surface area contributed by atoms with Gasteiger partial charge in [0.2, 0.25) is 5.75 Å². The van der Waals surface area contributed by atoms with Gasteiger partial charge in [-0.1, -0.05) is 6.07 Å². The van der Waals surface area contributed by atoms with Crippen LogP contribution in [-0.4, -0.2) is 117 Å². The van der Waals surface area contributed by atoms with Crippen LogP contribution in [-0.2, 0) is 19.1 Å². The van der Waals surface area contributed by atoms with Gasteiger partial charge in [0.05, 0.1) is 51.7 Å². The summed E-state index contributed by atoms with van der Waals surface area (Å²) < 4.78 is 11.8. The van der Waals surface area contributed by atoms with Crippen LogP contribution in [0.4, 0.5) is 5.69 Å². The number of ether oxygens (including phenoxy) is 2. The second-order valence-corrected chi connectivity index (χ2v) is 9.01. The second kappa shape index (κ2) is 16.3. The second-order valence-electron chi connectivity index (χ2n) is 9.01. The number of quaternary nitrogens is 2. The van der Waals surface area contributed by atoms with Gasteiger partial charge >= 0.3 is 5.69 Å². The molecule has 0 spiro atoms. The number of rotatable bonds is 7. The van der Waals surface area contributed by atoms with Crippen molar-refractivity contribution in [2.24, 2.45) is 10.9 Å². The lowest BCUT2D eigenvalue weighted by Gasteiger charge is -2.36. The molecule has 14 nitrogen and oxygen atoms in total. The lowest BCUT2D eigenvalue weighted by molar-refractivity contribution is -0.909. The quantitative estimate of drug-likeness (QED) is 0.0626. The summed E-state index contributed by atoms with van der Waals surface area (Å²) in [7, 11) is 4.01. The van der Waals surface area contributed by atoms with Crippen molar-refractivity contribution in [3.8, 4) is 5.75 Å². The molecule has 1 aromatic rings. The molecule has 3 rings (SSSR count). The summed E-state index contributed by atoms with van der Waals surface area (Å²) in [5.41, 5.74) is 4.26. The third kappa shape index (κ3) is 11.6. The number of phenolic OH excluding ortho intramolecular Hbond substituents is 1. The normalized spacial score (nSPS) is 17.7. The van der Waals surface area contributed by atoms with Gasteiger partial charge in [-0.15, -0.1) is 0 Å². The van der Waals surface area contributed by atoms with Crippen molar-refractivity contribution < 1.29 is 62.9 Å². The number of hydrazine groups is 1. The fraction of sp³-hybridized carbons (Fsp3) is 0.571. The van der Waals surface area contributed by atoms with Crippen molar-refractivity contribution in [2.45, 2.75) is 0 Å². The number of amides is 2. The van der Waals surface area contributed by atoms with Gasteiger partial charge in [-0.05, 0) is 6.07 Å². The number of morpholine rings is 2. The number of aromatic hydroxyl groups is 1. The highest BCUT2D eigenvalue weighted by atomic mass is 35.5. The molecule has 0 aromatic heterocycles. The molecular weight excluding hydrogens is 533 g/mol. The maximum atomic E-state index is 11.9. The van der Waals surface area contributed by atoms with E-state index in [-0.39, 0.29) is 48.7 Å². The number of hydrogen-bond acceptors (Lipinski definition) is 9. The van der Waals surface area contributed by atoms with E-state index in [0.29, 0.717) is 24.2 Å². The lowest BCUT2D eigenvalue weighted by atomic mass is 10.2. The highest BCUT2D eigenvalue weighted by Gasteiger charge is 2.28. The van der Waals surface area contributed by atoms with Crippen LogP contribution in [0.3, 0.4) is 0 Å². The molecule has 210 valence electrons. The van der Waals surface area contributed by atoms with Gasteiger partial charge in [0.1, 0.15) is 26.2 Å². The minimum absolute atomic E-state index is 0. The summed E-state index contributed by atoms with van der Waals surface area (Å²) in [5.74, 6) is 4.14.